The van der Waals surface area contributed by atoms with Crippen LogP contribution >= 0.6 is 0 Å². The van der Waals surface area contributed by atoms with Crippen molar-refractivity contribution in [2.45, 2.75) is 19.8 Å². The van der Waals surface area contributed by atoms with Gasteiger partial charge in [-0.15, -0.1) is 0 Å². The molecular weight excluding hydrogens is 344 g/mol. The number of anilines is 1. The predicted molar refractivity (Wildman–Crippen MR) is 105 cm³/mol. The van der Waals surface area contributed by atoms with Crippen molar-refractivity contribution in [2.75, 3.05) is 32.2 Å². The van der Waals surface area contributed by atoms with E-state index in [9.17, 15) is 9.59 Å². The Morgan fingerprint density at radius 3 is 2.41 bits per heavy atom. The van der Waals surface area contributed by atoms with Crippen LogP contribution in [-0.4, -0.2) is 38.7 Å². The van der Waals surface area contributed by atoms with Crippen molar-refractivity contribution in [3.05, 3.63) is 59.7 Å². The second kappa shape index (κ2) is 11.0. The van der Waals surface area contributed by atoms with Crippen LogP contribution in [0.4, 0.5) is 5.69 Å². The lowest BCUT2D eigenvalue weighted by molar-refractivity contribution is 0.0938. The van der Waals surface area contributed by atoms with E-state index in [2.05, 4.69) is 17.6 Å². The molecule has 2 aromatic rings. The van der Waals surface area contributed by atoms with E-state index >= 15 is 0 Å². The first-order valence-electron chi connectivity index (χ1n) is 9.06. The number of para-hydroxylation sites is 1. The standard InChI is InChI=1S/C21H26N2O4/c1-3-4-14-27-17-11-9-16(10-12-17)20(24)23-19-8-6-5-7-18(19)21(25)22-13-15-26-2/h5-12H,3-4,13-15H2,1-2H3,(H,22,25)(H,23,24). The Hall–Kier alpha value is -2.86. The van der Waals surface area contributed by atoms with Crippen LogP contribution in [0.3, 0.4) is 0 Å². The van der Waals surface area contributed by atoms with Crippen molar-refractivity contribution in [3.8, 4) is 5.75 Å². The molecule has 0 atom stereocenters. The van der Waals surface area contributed by atoms with E-state index in [4.69, 9.17) is 9.47 Å². The first-order valence-corrected chi connectivity index (χ1v) is 9.06. The number of benzene rings is 2. The molecule has 0 aliphatic rings. The minimum Gasteiger partial charge on any atom is -0.494 e. The molecule has 144 valence electrons. The molecule has 0 unspecified atom stereocenters. The second-order valence-electron chi connectivity index (χ2n) is 5.97. The van der Waals surface area contributed by atoms with Gasteiger partial charge in [0.15, 0.2) is 0 Å². The summed E-state index contributed by atoms with van der Waals surface area (Å²) >= 11 is 0. The topological polar surface area (TPSA) is 76.7 Å². The number of amides is 2. The van der Waals surface area contributed by atoms with Crippen LogP contribution in [0.5, 0.6) is 5.75 Å². The highest BCUT2D eigenvalue weighted by molar-refractivity contribution is 6.09. The molecule has 27 heavy (non-hydrogen) atoms. The maximum Gasteiger partial charge on any atom is 0.255 e. The number of carbonyl (C=O) groups excluding carboxylic acids is 2. The third-order valence-electron chi connectivity index (χ3n) is 3.89. The predicted octanol–water partition coefficient (Wildman–Crippen LogP) is 3.49. The Morgan fingerprint density at radius 2 is 1.70 bits per heavy atom. The lowest BCUT2D eigenvalue weighted by atomic mass is 10.1. The fourth-order valence-electron chi connectivity index (χ4n) is 2.38. The molecule has 0 fully saturated rings. The molecule has 0 bridgehead atoms. The van der Waals surface area contributed by atoms with Gasteiger partial charge in [0.25, 0.3) is 11.8 Å². The molecule has 0 saturated carbocycles. The van der Waals surface area contributed by atoms with Gasteiger partial charge in [-0.25, -0.2) is 0 Å². The van der Waals surface area contributed by atoms with Crippen molar-refractivity contribution in [1.29, 1.82) is 0 Å². The largest absolute Gasteiger partial charge is 0.494 e. The van der Waals surface area contributed by atoms with E-state index in [0.717, 1.165) is 18.6 Å². The van der Waals surface area contributed by atoms with Gasteiger partial charge >= 0.3 is 0 Å². The molecule has 2 aromatic carbocycles. The molecule has 0 spiro atoms. The quantitative estimate of drug-likeness (QED) is 0.628. The number of nitrogens with one attached hydrogen (secondary N) is 2. The first-order chi connectivity index (χ1) is 13.2. The lowest BCUT2D eigenvalue weighted by Gasteiger charge is -2.12. The smallest absolute Gasteiger partial charge is 0.255 e. The van der Waals surface area contributed by atoms with E-state index < -0.39 is 0 Å². The van der Waals surface area contributed by atoms with Crippen LogP contribution in [0.25, 0.3) is 0 Å². The molecule has 2 amide bonds. The van der Waals surface area contributed by atoms with E-state index in [1.807, 2.05) is 0 Å². The zero-order valence-corrected chi connectivity index (χ0v) is 15.8. The molecule has 6 heteroatoms. The fourth-order valence-corrected chi connectivity index (χ4v) is 2.38. The summed E-state index contributed by atoms with van der Waals surface area (Å²) in [6.45, 7) is 3.59. The van der Waals surface area contributed by atoms with Gasteiger partial charge in [0.05, 0.1) is 24.5 Å². The summed E-state index contributed by atoms with van der Waals surface area (Å²) < 4.78 is 10.5. The number of ether oxygens (including phenoxy) is 2. The number of unbranched alkanes of at least 4 members (excludes halogenated alkanes) is 1. The van der Waals surface area contributed by atoms with Gasteiger partial charge in [0, 0.05) is 19.2 Å². The molecule has 0 radical (unpaired) electrons. The normalized spacial score (nSPS) is 10.3. The highest BCUT2D eigenvalue weighted by Crippen LogP contribution is 2.18. The molecule has 0 aromatic heterocycles. The third kappa shape index (κ3) is 6.42. The maximum atomic E-state index is 12.5. The molecular formula is C21H26N2O4. The molecule has 0 heterocycles. The maximum absolute atomic E-state index is 12.5. The Kier molecular flexibility index (Phi) is 8.32. The van der Waals surface area contributed by atoms with Crippen LogP contribution in [0.15, 0.2) is 48.5 Å². The van der Waals surface area contributed by atoms with Gasteiger partial charge < -0.3 is 20.1 Å². The summed E-state index contributed by atoms with van der Waals surface area (Å²) in [4.78, 5) is 24.8. The number of hydrogen-bond acceptors (Lipinski definition) is 4. The number of methoxy groups -OCH3 is 1. The number of carbonyl (C=O) groups is 2. The van der Waals surface area contributed by atoms with E-state index in [1.54, 1.807) is 55.6 Å². The summed E-state index contributed by atoms with van der Waals surface area (Å²) in [5.41, 5.74) is 1.36. The Balaban J connectivity index is 2.02. The number of hydrogen-bond donors (Lipinski definition) is 2. The van der Waals surface area contributed by atoms with Gasteiger partial charge in [-0.05, 0) is 42.8 Å². The van der Waals surface area contributed by atoms with Crippen LogP contribution in [0.2, 0.25) is 0 Å². The minimum absolute atomic E-state index is 0.261. The lowest BCUT2D eigenvalue weighted by Crippen LogP contribution is -2.28. The van der Waals surface area contributed by atoms with Crippen LogP contribution in [0.1, 0.15) is 40.5 Å². The molecule has 6 nitrogen and oxygen atoms in total. The molecule has 0 aliphatic heterocycles. The van der Waals surface area contributed by atoms with Gasteiger partial charge in [0.1, 0.15) is 5.75 Å². The van der Waals surface area contributed by atoms with Gasteiger partial charge in [-0.3, -0.25) is 9.59 Å². The zero-order chi connectivity index (χ0) is 19.5. The average molecular weight is 370 g/mol. The molecule has 0 saturated heterocycles. The van der Waals surface area contributed by atoms with Crippen molar-refractivity contribution in [3.63, 3.8) is 0 Å². The van der Waals surface area contributed by atoms with Crippen LogP contribution in [0, 0.1) is 0 Å². The van der Waals surface area contributed by atoms with Crippen LogP contribution in [-0.2, 0) is 4.74 Å². The second-order valence-corrected chi connectivity index (χ2v) is 5.97. The third-order valence-corrected chi connectivity index (χ3v) is 3.89. The first kappa shape index (κ1) is 20.5. The SMILES string of the molecule is CCCCOc1ccc(C(=O)Nc2ccccc2C(=O)NCCOC)cc1. The minimum atomic E-state index is -0.285. The Morgan fingerprint density at radius 1 is 0.963 bits per heavy atom. The summed E-state index contributed by atoms with van der Waals surface area (Å²) in [6, 6.07) is 13.8. The monoisotopic (exact) mass is 370 g/mol. The average Bonchev–Trinajstić information content (AvgIpc) is 2.69. The van der Waals surface area contributed by atoms with E-state index in [0.29, 0.717) is 36.6 Å². The Bertz CT molecular complexity index is 744. The fraction of sp³-hybridized carbons (Fsp3) is 0.333. The van der Waals surface area contributed by atoms with E-state index in [-0.39, 0.29) is 11.8 Å². The van der Waals surface area contributed by atoms with Gasteiger partial charge in [0.2, 0.25) is 0 Å². The van der Waals surface area contributed by atoms with Gasteiger partial charge in [-0.1, -0.05) is 25.5 Å². The highest BCUT2D eigenvalue weighted by atomic mass is 16.5. The summed E-state index contributed by atoms with van der Waals surface area (Å²) in [5, 5.41) is 5.55. The van der Waals surface area contributed by atoms with E-state index in [1.165, 1.54) is 0 Å². The van der Waals surface area contributed by atoms with Crippen LogP contribution < -0.4 is 15.4 Å². The summed E-state index contributed by atoms with van der Waals surface area (Å²) in [5.74, 6) is 0.188. The highest BCUT2D eigenvalue weighted by Gasteiger charge is 2.14. The van der Waals surface area contributed by atoms with Crippen molar-refractivity contribution in [1.82, 2.24) is 5.32 Å². The molecule has 0 aliphatic carbocycles. The Labute approximate surface area is 159 Å². The summed E-state index contributed by atoms with van der Waals surface area (Å²) in [7, 11) is 1.57. The molecule has 2 N–H and O–H groups in total. The van der Waals surface area contributed by atoms with Crippen molar-refractivity contribution in [2.24, 2.45) is 0 Å². The zero-order valence-electron chi connectivity index (χ0n) is 15.8. The molecule has 2 rings (SSSR count). The van der Waals surface area contributed by atoms with Gasteiger partial charge in [-0.2, -0.15) is 0 Å². The van der Waals surface area contributed by atoms with Crippen molar-refractivity contribution >= 4 is 17.5 Å². The summed E-state index contributed by atoms with van der Waals surface area (Å²) in [6.07, 6.45) is 2.06. The number of rotatable bonds is 10. The van der Waals surface area contributed by atoms with Crippen molar-refractivity contribution < 1.29 is 19.1 Å².